The first-order chi connectivity index (χ1) is 10.2. The quantitative estimate of drug-likeness (QED) is 0.858. The first kappa shape index (κ1) is 15.3. The molecule has 4 nitrogen and oxygen atoms in total. The highest BCUT2D eigenvalue weighted by Crippen LogP contribution is 2.30. The first-order valence-electron chi connectivity index (χ1n) is 6.92. The zero-order valence-electron chi connectivity index (χ0n) is 12.3. The number of pyridine rings is 1. The number of nitrogens with zero attached hydrogens (tertiary/aromatic N) is 1. The van der Waals surface area contributed by atoms with E-state index in [4.69, 9.17) is 10.5 Å². The van der Waals surface area contributed by atoms with E-state index in [1.807, 2.05) is 13.0 Å². The molecule has 5 heteroatoms. The van der Waals surface area contributed by atoms with Crippen LogP contribution in [-0.2, 0) is 6.42 Å². The normalized spacial score (nSPS) is 12.1. The number of anilines is 1. The van der Waals surface area contributed by atoms with Crippen LogP contribution in [0.1, 0.15) is 24.1 Å². The van der Waals surface area contributed by atoms with Gasteiger partial charge in [0.15, 0.2) is 0 Å². The molecule has 0 aliphatic carbocycles. The molecule has 0 bridgehead atoms. The van der Waals surface area contributed by atoms with Gasteiger partial charge >= 0.3 is 0 Å². The highest BCUT2D eigenvalue weighted by molar-refractivity contribution is 5.39. The van der Waals surface area contributed by atoms with Crippen molar-refractivity contribution in [1.29, 1.82) is 0 Å². The van der Waals surface area contributed by atoms with Crippen LogP contribution >= 0.6 is 0 Å². The number of nitrogens with two attached hydrogens (primary N) is 1. The molecule has 2 aromatic rings. The lowest BCUT2D eigenvalue weighted by Crippen LogP contribution is -2.24. The molecule has 21 heavy (non-hydrogen) atoms. The lowest BCUT2D eigenvalue weighted by Gasteiger charge is -2.21. The van der Waals surface area contributed by atoms with Gasteiger partial charge < -0.3 is 15.8 Å². The second-order valence-electron chi connectivity index (χ2n) is 4.76. The number of likely N-dealkylation sites (N-methyl/N-ethyl adjacent to an activating group) is 1. The third-order valence-electron chi connectivity index (χ3n) is 3.32. The molecular formula is C16H20FN3O. The minimum absolute atomic E-state index is 0.187. The van der Waals surface area contributed by atoms with Crippen molar-refractivity contribution in [3.05, 3.63) is 53.5 Å². The maximum absolute atomic E-state index is 14.2. The van der Waals surface area contributed by atoms with Gasteiger partial charge in [-0.2, -0.15) is 0 Å². The fourth-order valence-corrected chi connectivity index (χ4v) is 2.41. The minimum Gasteiger partial charge on any atom is -0.496 e. The molecular weight excluding hydrogens is 269 g/mol. The van der Waals surface area contributed by atoms with Crippen molar-refractivity contribution in [2.24, 2.45) is 0 Å². The van der Waals surface area contributed by atoms with E-state index in [1.54, 1.807) is 31.5 Å². The van der Waals surface area contributed by atoms with Crippen molar-refractivity contribution >= 4 is 5.82 Å². The van der Waals surface area contributed by atoms with Crippen LogP contribution in [0, 0.1) is 5.82 Å². The van der Waals surface area contributed by atoms with Crippen LogP contribution < -0.4 is 15.8 Å². The maximum atomic E-state index is 14.2. The van der Waals surface area contributed by atoms with Crippen LogP contribution in [0.5, 0.6) is 5.75 Å². The Hall–Kier alpha value is -2.14. The average molecular weight is 289 g/mol. The summed E-state index contributed by atoms with van der Waals surface area (Å²) in [6, 6.07) is 8.36. The Labute approximate surface area is 124 Å². The van der Waals surface area contributed by atoms with E-state index in [9.17, 15) is 4.39 Å². The summed E-state index contributed by atoms with van der Waals surface area (Å²) in [5, 5.41) is 3.30. The molecule has 1 atom stereocenters. The topological polar surface area (TPSA) is 60.2 Å². The molecule has 1 heterocycles. The Morgan fingerprint density at radius 2 is 2.19 bits per heavy atom. The molecule has 0 aliphatic rings. The predicted octanol–water partition coefficient (Wildman–Crippen LogP) is 2.70. The van der Waals surface area contributed by atoms with Gasteiger partial charge in [-0.25, -0.2) is 9.37 Å². The molecule has 0 saturated carbocycles. The van der Waals surface area contributed by atoms with Gasteiger partial charge in [0.1, 0.15) is 17.4 Å². The van der Waals surface area contributed by atoms with Gasteiger partial charge in [0, 0.05) is 17.8 Å². The van der Waals surface area contributed by atoms with Gasteiger partial charge in [-0.3, -0.25) is 0 Å². The third kappa shape index (κ3) is 3.70. The van der Waals surface area contributed by atoms with Crippen LogP contribution in [0.15, 0.2) is 36.5 Å². The Kier molecular flexibility index (Phi) is 5.11. The van der Waals surface area contributed by atoms with Gasteiger partial charge in [-0.15, -0.1) is 0 Å². The third-order valence-corrected chi connectivity index (χ3v) is 3.32. The molecule has 0 spiro atoms. The number of benzene rings is 1. The van der Waals surface area contributed by atoms with Crippen molar-refractivity contribution in [3.8, 4) is 5.75 Å². The van der Waals surface area contributed by atoms with Crippen LogP contribution in [-0.4, -0.2) is 18.6 Å². The van der Waals surface area contributed by atoms with Crippen LogP contribution in [0.3, 0.4) is 0 Å². The lowest BCUT2D eigenvalue weighted by molar-refractivity contribution is 0.390. The zero-order chi connectivity index (χ0) is 15.2. The standard InChI is InChI=1S/C16H20FN3O/c1-3-19-13(9-11-7-8-20-15(18)10-11)16-12(17)5-4-6-14(16)21-2/h4-8,10,13,19H,3,9H2,1-2H3,(H2,18,20). The number of ether oxygens (including phenoxy) is 1. The second-order valence-corrected chi connectivity index (χ2v) is 4.76. The van der Waals surface area contributed by atoms with Crippen molar-refractivity contribution in [2.75, 3.05) is 19.4 Å². The van der Waals surface area contributed by atoms with Crippen LogP contribution in [0.2, 0.25) is 0 Å². The van der Waals surface area contributed by atoms with Crippen LogP contribution in [0.4, 0.5) is 10.2 Å². The molecule has 0 saturated heterocycles. The van der Waals surface area contributed by atoms with Crippen molar-refractivity contribution in [3.63, 3.8) is 0 Å². The van der Waals surface area contributed by atoms with E-state index in [0.717, 1.165) is 12.1 Å². The number of halogens is 1. The number of methoxy groups -OCH3 is 1. The zero-order valence-corrected chi connectivity index (χ0v) is 12.3. The molecule has 1 aromatic carbocycles. The molecule has 112 valence electrons. The molecule has 1 unspecified atom stereocenters. The van der Waals surface area contributed by atoms with Gasteiger partial charge in [0.2, 0.25) is 0 Å². The maximum Gasteiger partial charge on any atom is 0.131 e. The number of aromatic nitrogens is 1. The lowest BCUT2D eigenvalue weighted by atomic mass is 9.97. The first-order valence-corrected chi connectivity index (χ1v) is 6.92. The number of hydrogen-bond donors (Lipinski definition) is 2. The van der Waals surface area contributed by atoms with E-state index >= 15 is 0 Å². The summed E-state index contributed by atoms with van der Waals surface area (Å²) < 4.78 is 19.5. The molecule has 3 N–H and O–H groups in total. The SMILES string of the molecule is CCNC(Cc1ccnc(N)c1)c1c(F)cccc1OC. The van der Waals surface area contributed by atoms with E-state index in [-0.39, 0.29) is 11.9 Å². The van der Waals surface area contributed by atoms with Gasteiger partial charge in [-0.1, -0.05) is 13.0 Å². The van der Waals surface area contributed by atoms with Crippen molar-refractivity contribution in [1.82, 2.24) is 10.3 Å². The fourth-order valence-electron chi connectivity index (χ4n) is 2.41. The van der Waals surface area contributed by atoms with Crippen molar-refractivity contribution in [2.45, 2.75) is 19.4 Å². The van der Waals surface area contributed by atoms with E-state index in [2.05, 4.69) is 10.3 Å². The van der Waals surface area contributed by atoms with Gasteiger partial charge in [0.25, 0.3) is 0 Å². The Bertz CT molecular complexity index is 604. The molecule has 1 aromatic heterocycles. The number of hydrogen-bond acceptors (Lipinski definition) is 4. The van der Waals surface area contributed by atoms with Crippen molar-refractivity contribution < 1.29 is 9.13 Å². The Morgan fingerprint density at radius 1 is 1.38 bits per heavy atom. The minimum atomic E-state index is -0.276. The van der Waals surface area contributed by atoms with Gasteiger partial charge in [0.05, 0.1) is 7.11 Å². The van der Waals surface area contributed by atoms with E-state index in [1.165, 1.54) is 6.07 Å². The summed E-state index contributed by atoms with van der Waals surface area (Å²) in [6.07, 6.45) is 2.27. The molecule has 0 radical (unpaired) electrons. The molecule has 2 rings (SSSR count). The molecule has 0 amide bonds. The fraction of sp³-hybridized carbons (Fsp3) is 0.312. The smallest absolute Gasteiger partial charge is 0.131 e. The number of rotatable bonds is 6. The summed E-state index contributed by atoms with van der Waals surface area (Å²) in [5.74, 6) is 0.730. The molecule has 0 fully saturated rings. The largest absolute Gasteiger partial charge is 0.496 e. The predicted molar refractivity (Wildman–Crippen MR) is 81.7 cm³/mol. The monoisotopic (exact) mass is 289 g/mol. The van der Waals surface area contributed by atoms with E-state index in [0.29, 0.717) is 23.6 Å². The summed E-state index contributed by atoms with van der Waals surface area (Å²) in [6.45, 7) is 2.71. The highest BCUT2D eigenvalue weighted by Gasteiger charge is 2.20. The molecule has 0 aliphatic heterocycles. The summed E-state index contributed by atoms with van der Waals surface area (Å²) >= 11 is 0. The number of nitrogens with one attached hydrogen (secondary N) is 1. The average Bonchev–Trinajstić information content (AvgIpc) is 2.46. The summed E-state index contributed by atoms with van der Waals surface area (Å²) in [7, 11) is 1.55. The Balaban J connectivity index is 2.35. The summed E-state index contributed by atoms with van der Waals surface area (Å²) in [4.78, 5) is 3.98. The van der Waals surface area contributed by atoms with Gasteiger partial charge in [-0.05, 0) is 42.8 Å². The number of nitrogen functional groups attached to an aromatic ring is 1. The second kappa shape index (κ2) is 7.04. The Morgan fingerprint density at radius 3 is 2.86 bits per heavy atom. The van der Waals surface area contributed by atoms with Crippen LogP contribution in [0.25, 0.3) is 0 Å². The highest BCUT2D eigenvalue weighted by atomic mass is 19.1. The van der Waals surface area contributed by atoms with E-state index < -0.39 is 0 Å². The summed E-state index contributed by atoms with van der Waals surface area (Å²) in [5.41, 5.74) is 7.24.